The molecule has 0 radical (unpaired) electrons. The molecule has 0 amide bonds. The van der Waals surface area contributed by atoms with Gasteiger partial charge in [0.05, 0.1) is 14.2 Å². The summed E-state index contributed by atoms with van der Waals surface area (Å²) in [5.41, 5.74) is 8.86. The van der Waals surface area contributed by atoms with Gasteiger partial charge in [0.25, 0.3) is 0 Å². The molecule has 2 rings (SSSR count). The van der Waals surface area contributed by atoms with E-state index in [1.165, 1.54) is 5.56 Å². The number of ether oxygens (including phenoxy) is 3. The van der Waals surface area contributed by atoms with Crippen LogP contribution in [0.25, 0.3) is 0 Å². The third-order valence-corrected chi connectivity index (χ3v) is 3.31. The average Bonchev–Trinajstić information content (AvgIpc) is 2.52. The standard InChI is InChI=1S/C17H21NO3/c1-12-4-6-16(20-3)14(8-12)11-21-17-7-5-15(19-2)9-13(17)10-18/h4-9H,10-11,18H2,1-3H3. The number of benzene rings is 2. The summed E-state index contributed by atoms with van der Waals surface area (Å²) in [7, 11) is 3.29. The molecular weight excluding hydrogens is 266 g/mol. The molecule has 0 aliphatic heterocycles. The van der Waals surface area contributed by atoms with E-state index in [-0.39, 0.29) is 0 Å². The number of aryl methyl sites for hydroxylation is 1. The SMILES string of the molecule is COc1ccc(OCc2cc(C)ccc2OC)c(CN)c1. The van der Waals surface area contributed by atoms with Crippen molar-refractivity contribution in [2.45, 2.75) is 20.1 Å². The van der Waals surface area contributed by atoms with Gasteiger partial charge in [0.1, 0.15) is 23.9 Å². The fourth-order valence-corrected chi connectivity index (χ4v) is 2.16. The molecule has 2 aromatic rings. The van der Waals surface area contributed by atoms with Gasteiger partial charge in [-0.1, -0.05) is 11.6 Å². The van der Waals surface area contributed by atoms with Gasteiger partial charge in [0.2, 0.25) is 0 Å². The van der Waals surface area contributed by atoms with Crippen LogP contribution >= 0.6 is 0 Å². The summed E-state index contributed by atoms with van der Waals surface area (Å²) >= 11 is 0. The second-order valence-electron chi connectivity index (χ2n) is 4.78. The molecule has 2 N–H and O–H groups in total. The van der Waals surface area contributed by atoms with Crippen LogP contribution in [0.1, 0.15) is 16.7 Å². The molecule has 0 spiro atoms. The van der Waals surface area contributed by atoms with E-state index in [1.54, 1.807) is 14.2 Å². The van der Waals surface area contributed by atoms with Gasteiger partial charge in [-0.05, 0) is 37.3 Å². The maximum atomic E-state index is 5.90. The fraction of sp³-hybridized carbons (Fsp3) is 0.294. The highest BCUT2D eigenvalue weighted by molar-refractivity contribution is 5.41. The largest absolute Gasteiger partial charge is 0.497 e. The second-order valence-corrected chi connectivity index (χ2v) is 4.78. The molecule has 0 bridgehead atoms. The lowest BCUT2D eigenvalue weighted by Gasteiger charge is -2.14. The first-order valence-corrected chi connectivity index (χ1v) is 6.81. The average molecular weight is 287 g/mol. The molecule has 0 fully saturated rings. The zero-order valence-corrected chi connectivity index (χ0v) is 12.7. The lowest BCUT2D eigenvalue weighted by Crippen LogP contribution is -2.04. The van der Waals surface area contributed by atoms with Gasteiger partial charge in [0.15, 0.2) is 0 Å². The second kappa shape index (κ2) is 6.99. The Labute approximate surface area is 125 Å². The van der Waals surface area contributed by atoms with E-state index in [4.69, 9.17) is 19.9 Å². The minimum absolute atomic E-state index is 0.400. The van der Waals surface area contributed by atoms with Gasteiger partial charge < -0.3 is 19.9 Å². The number of rotatable bonds is 6. The van der Waals surface area contributed by atoms with Crippen LogP contribution in [-0.4, -0.2) is 14.2 Å². The first kappa shape index (κ1) is 15.2. The first-order chi connectivity index (χ1) is 10.2. The van der Waals surface area contributed by atoms with Crippen LogP contribution in [0.15, 0.2) is 36.4 Å². The highest BCUT2D eigenvalue weighted by Crippen LogP contribution is 2.26. The van der Waals surface area contributed by atoms with Gasteiger partial charge in [-0.2, -0.15) is 0 Å². The Morgan fingerprint density at radius 3 is 2.33 bits per heavy atom. The van der Waals surface area contributed by atoms with Crippen LogP contribution in [0.3, 0.4) is 0 Å². The summed E-state index contributed by atoms with van der Waals surface area (Å²) in [5, 5.41) is 0. The third kappa shape index (κ3) is 3.67. The monoisotopic (exact) mass is 287 g/mol. The van der Waals surface area contributed by atoms with E-state index in [9.17, 15) is 0 Å². The molecule has 0 aliphatic carbocycles. The van der Waals surface area contributed by atoms with Crippen molar-refractivity contribution in [3.63, 3.8) is 0 Å². The quantitative estimate of drug-likeness (QED) is 0.887. The van der Waals surface area contributed by atoms with Gasteiger partial charge in [0, 0.05) is 17.7 Å². The van der Waals surface area contributed by atoms with E-state index >= 15 is 0 Å². The van der Waals surface area contributed by atoms with Crippen molar-refractivity contribution < 1.29 is 14.2 Å². The molecule has 0 unspecified atom stereocenters. The molecule has 0 saturated carbocycles. The Hall–Kier alpha value is -2.20. The van der Waals surface area contributed by atoms with Gasteiger partial charge in [-0.3, -0.25) is 0 Å². The van der Waals surface area contributed by atoms with Crippen molar-refractivity contribution >= 4 is 0 Å². The topological polar surface area (TPSA) is 53.7 Å². The molecule has 0 saturated heterocycles. The Morgan fingerprint density at radius 2 is 1.67 bits per heavy atom. The number of methoxy groups -OCH3 is 2. The van der Waals surface area contributed by atoms with Gasteiger partial charge in [-0.25, -0.2) is 0 Å². The molecule has 0 aliphatic rings. The van der Waals surface area contributed by atoms with E-state index in [0.717, 1.165) is 28.4 Å². The maximum absolute atomic E-state index is 5.90. The summed E-state index contributed by atoms with van der Waals surface area (Å²) < 4.78 is 16.4. The number of hydrogen-bond acceptors (Lipinski definition) is 4. The molecule has 4 heteroatoms. The Balaban J connectivity index is 2.18. The zero-order valence-electron chi connectivity index (χ0n) is 12.7. The van der Waals surface area contributed by atoms with Crippen LogP contribution in [0, 0.1) is 6.92 Å². The van der Waals surface area contributed by atoms with Crippen molar-refractivity contribution in [3.05, 3.63) is 53.1 Å². The van der Waals surface area contributed by atoms with Gasteiger partial charge >= 0.3 is 0 Å². The number of nitrogens with two attached hydrogens (primary N) is 1. The maximum Gasteiger partial charge on any atom is 0.125 e. The highest BCUT2D eigenvalue weighted by atomic mass is 16.5. The molecule has 0 heterocycles. The highest BCUT2D eigenvalue weighted by Gasteiger charge is 2.08. The summed E-state index contributed by atoms with van der Waals surface area (Å²) in [5.74, 6) is 2.36. The molecular formula is C17H21NO3. The summed E-state index contributed by atoms with van der Waals surface area (Å²) in [6, 6.07) is 11.7. The summed E-state index contributed by atoms with van der Waals surface area (Å²) in [6.45, 7) is 2.88. The van der Waals surface area contributed by atoms with E-state index in [1.807, 2.05) is 37.3 Å². The van der Waals surface area contributed by atoms with Crippen LogP contribution < -0.4 is 19.9 Å². The van der Waals surface area contributed by atoms with E-state index < -0.39 is 0 Å². The molecule has 0 aromatic heterocycles. The molecule has 2 aromatic carbocycles. The lowest BCUT2D eigenvalue weighted by molar-refractivity contribution is 0.293. The van der Waals surface area contributed by atoms with Crippen molar-refractivity contribution in [1.82, 2.24) is 0 Å². The smallest absolute Gasteiger partial charge is 0.125 e. The van der Waals surface area contributed by atoms with Crippen molar-refractivity contribution in [3.8, 4) is 17.2 Å². The van der Waals surface area contributed by atoms with Crippen LogP contribution in [0.5, 0.6) is 17.2 Å². The molecule has 0 atom stereocenters. The number of hydrogen-bond donors (Lipinski definition) is 1. The fourth-order valence-electron chi connectivity index (χ4n) is 2.16. The minimum Gasteiger partial charge on any atom is -0.497 e. The molecule has 112 valence electrons. The van der Waals surface area contributed by atoms with E-state index in [2.05, 4.69) is 6.07 Å². The Morgan fingerprint density at radius 1 is 0.905 bits per heavy atom. The Bertz CT molecular complexity index is 611. The third-order valence-electron chi connectivity index (χ3n) is 3.31. The summed E-state index contributed by atoms with van der Waals surface area (Å²) in [4.78, 5) is 0. The van der Waals surface area contributed by atoms with Gasteiger partial charge in [-0.15, -0.1) is 0 Å². The van der Waals surface area contributed by atoms with Crippen LogP contribution in [0.4, 0.5) is 0 Å². The van der Waals surface area contributed by atoms with Crippen molar-refractivity contribution in [1.29, 1.82) is 0 Å². The normalized spacial score (nSPS) is 10.3. The minimum atomic E-state index is 0.400. The predicted octanol–water partition coefficient (Wildman–Crippen LogP) is 3.05. The van der Waals surface area contributed by atoms with Crippen LogP contribution in [-0.2, 0) is 13.2 Å². The lowest BCUT2D eigenvalue weighted by atomic mass is 10.1. The van der Waals surface area contributed by atoms with E-state index in [0.29, 0.717) is 13.2 Å². The zero-order chi connectivity index (χ0) is 15.2. The predicted molar refractivity (Wildman–Crippen MR) is 82.9 cm³/mol. The van der Waals surface area contributed by atoms with Crippen LogP contribution in [0.2, 0.25) is 0 Å². The molecule has 4 nitrogen and oxygen atoms in total. The first-order valence-electron chi connectivity index (χ1n) is 6.81. The van der Waals surface area contributed by atoms with Crippen molar-refractivity contribution in [2.75, 3.05) is 14.2 Å². The Kier molecular flexibility index (Phi) is 5.06. The summed E-state index contributed by atoms with van der Waals surface area (Å²) in [6.07, 6.45) is 0. The van der Waals surface area contributed by atoms with Crippen molar-refractivity contribution in [2.24, 2.45) is 5.73 Å². The molecule has 21 heavy (non-hydrogen) atoms.